The van der Waals surface area contributed by atoms with Gasteiger partial charge in [-0.25, -0.2) is 4.79 Å². The van der Waals surface area contributed by atoms with E-state index in [4.69, 9.17) is 15.3 Å². The number of aliphatic hydroxyl groups is 2. The number of nitrogens with one attached hydrogen (secondary N) is 1. The first-order chi connectivity index (χ1) is 16.4. The summed E-state index contributed by atoms with van der Waals surface area (Å²) in [6, 6.07) is -0.603. The van der Waals surface area contributed by atoms with Gasteiger partial charge in [-0.2, -0.15) is 0 Å². The molecule has 0 aromatic rings. The lowest BCUT2D eigenvalue weighted by Crippen LogP contribution is -2.36. The van der Waals surface area contributed by atoms with Gasteiger partial charge in [-0.1, -0.05) is 70.4 Å². The number of carboxylic acids is 1. The molecule has 1 saturated heterocycles. The molecule has 1 amide bonds. The molecule has 1 rings (SSSR count). The quantitative estimate of drug-likeness (QED) is 0.122. The largest absolute Gasteiger partial charge is 0.481 e. The maximum atomic E-state index is 11.2. The predicted molar refractivity (Wildman–Crippen MR) is 132 cm³/mol. The van der Waals surface area contributed by atoms with Gasteiger partial charge in [0.25, 0.3) is 0 Å². The lowest BCUT2D eigenvalue weighted by molar-refractivity contribution is -0.150. The minimum atomic E-state index is -1.06. The molecule has 1 aliphatic rings. The minimum absolute atomic E-state index is 0.172. The molecule has 1 unspecified atom stereocenters. The summed E-state index contributed by atoms with van der Waals surface area (Å²) in [4.78, 5) is 32.2. The highest BCUT2D eigenvalue weighted by Gasteiger charge is 2.28. The Morgan fingerprint density at radius 3 is 2.06 bits per heavy atom. The van der Waals surface area contributed by atoms with Gasteiger partial charge in [0, 0.05) is 12.8 Å². The first-order valence-electron chi connectivity index (χ1n) is 13.0. The van der Waals surface area contributed by atoms with Gasteiger partial charge >= 0.3 is 11.9 Å². The van der Waals surface area contributed by atoms with Gasteiger partial charge < -0.3 is 25.4 Å². The molecule has 0 radical (unpaired) electrons. The van der Waals surface area contributed by atoms with Gasteiger partial charge in [-0.15, -0.1) is 0 Å². The molecule has 2 atom stereocenters. The fourth-order valence-electron chi connectivity index (χ4n) is 3.47. The molecule has 0 aromatic heterocycles. The number of rotatable bonds is 19. The van der Waals surface area contributed by atoms with Crippen LogP contribution in [0.2, 0.25) is 0 Å². The summed E-state index contributed by atoms with van der Waals surface area (Å²) in [5.41, 5.74) is 0. The molecule has 8 heteroatoms. The molecule has 0 bridgehead atoms. The number of amides is 1. The number of allylic oxidation sites excluding steroid dienone is 2. The van der Waals surface area contributed by atoms with E-state index in [-0.39, 0.29) is 12.5 Å². The maximum absolute atomic E-state index is 11.2. The van der Waals surface area contributed by atoms with Crippen molar-refractivity contribution in [2.45, 2.75) is 122 Å². The number of unbranched alkanes of at least 4 members (excludes halogenated alkanes) is 11. The average Bonchev–Trinajstić information content (AvgIpc) is 3.26. The molecule has 198 valence electrons. The Labute approximate surface area is 205 Å². The number of hydrogen-bond acceptors (Lipinski definition) is 6. The SMILES string of the molecule is CCCCCCCC/C=C\CCCCCCCC(=O)O.O=C1CC[C@@H](C(=O)OCC(O)CO)N1. The third-order valence-electron chi connectivity index (χ3n) is 5.56. The van der Waals surface area contributed by atoms with E-state index in [1.807, 2.05) is 0 Å². The van der Waals surface area contributed by atoms with Crippen LogP contribution in [0.5, 0.6) is 0 Å². The van der Waals surface area contributed by atoms with Crippen molar-refractivity contribution in [1.82, 2.24) is 5.32 Å². The van der Waals surface area contributed by atoms with Gasteiger partial charge in [0.2, 0.25) is 5.91 Å². The number of carbonyl (C=O) groups is 3. The lowest BCUT2D eigenvalue weighted by atomic mass is 10.1. The highest BCUT2D eigenvalue weighted by molar-refractivity contribution is 5.88. The van der Waals surface area contributed by atoms with E-state index in [2.05, 4.69) is 29.1 Å². The van der Waals surface area contributed by atoms with Gasteiger partial charge in [0.1, 0.15) is 18.8 Å². The van der Waals surface area contributed by atoms with Gasteiger partial charge in [-0.05, 0) is 38.5 Å². The number of aliphatic carboxylic acids is 1. The van der Waals surface area contributed by atoms with E-state index in [1.165, 1.54) is 70.6 Å². The van der Waals surface area contributed by atoms with Crippen molar-refractivity contribution in [3.05, 3.63) is 12.2 Å². The van der Waals surface area contributed by atoms with Crippen LogP contribution in [-0.4, -0.2) is 58.5 Å². The summed E-state index contributed by atoms with van der Waals surface area (Å²) in [5, 5.41) is 28.3. The van der Waals surface area contributed by atoms with Crippen molar-refractivity contribution in [2.24, 2.45) is 0 Å². The Morgan fingerprint density at radius 1 is 1.00 bits per heavy atom. The average molecular weight is 486 g/mol. The number of carboxylic acid groups (broad SMARTS) is 1. The van der Waals surface area contributed by atoms with Crippen LogP contribution in [0.25, 0.3) is 0 Å². The molecule has 8 nitrogen and oxygen atoms in total. The highest BCUT2D eigenvalue weighted by Crippen LogP contribution is 2.10. The third kappa shape index (κ3) is 20.7. The Balaban J connectivity index is 0.000000679. The second kappa shape index (κ2) is 22.8. The topological polar surface area (TPSA) is 133 Å². The smallest absolute Gasteiger partial charge is 0.328 e. The zero-order valence-electron chi connectivity index (χ0n) is 21.0. The normalized spacial score (nSPS) is 16.1. The second-order valence-electron chi connectivity index (χ2n) is 8.85. The molecule has 0 saturated carbocycles. The number of hydrogen-bond donors (Lipinski definition) is 4. The molecular formula is C26H47NO7. The zero-order chi connectivity index (χ0) is 25.4. The molecule has 4 N–H and O–H groups in total. The summed E-state index contributed by atoms with van der Waals surface area (Å²) in [7, 11) is 0. The number of ether oxygens (including phenoxy) is 1. The standard InChI is InChI=1S/C18H34O2.C8H13NO5/c1-2-3-4-5-6-7-8-9-10-11-12-13-14-15-16-17-18(19)20;10-3-5(11)4-14-8(13)6-1-2-7(12)9-6/h9-10H,2-8,11-17H2,1H3,(H,19,20);5-6,10-11H,1-4H2,(H,9,12)/b10-9-;/t;5?,6-/m.0/s1. The van der Waals surface area contributed by atoms with Crippen molar-refractivity contribution in [2.75, 3.05) is 13.2 Å². The van der Waals surface area contributed by atoms with Crippen LogP contribution in [0.4, 0.5) is 0 Å². The molecule has 34 heavy (non-hydrogen) atoms. The number of aliphatic hydroxyl groups excluding tert-OH is 2. The summed E-state index contributed by atoms with van der Waals surface area (Å²) in [6.07, 6.45) is 20.9. The predicted octanol–water partition coefficient (Wildman–Crippen LogP) is 4.27. The molecule has 0 aliphatic carbocycles. The van der Waals surface area contributed by atoms with Crippen LogP contribution in [-0.2, 0) is 19.1 Å². The molecule has 1 fully saturated rings. The van der Waals surface area contributed by atoms with E-state index in [1.54, 1.807) is 0 Å². The number of carbonyl (C=O) groups excluding carboxylic acids is 2. The first-order valence-corrected chi connectivity index (χ1v) is 13.0. The first kappa shape index (κ1) is 32.1. The summed E-state index contributed by atoms with van der Waals surface area (Å²) in [6.45, 7) is 1.56. The van der Waals surface area contributed by atoms with Crippen LogP contribution in [0.3, 0.4) is 0 Å². The Bertz CT molecular complexity index is 565. The monoisotopic (exact) mass is 485 g/mol. The van der Waals surface area contributed by atoms with Crippen LogP contribution in [0.1, 0.15) is 110 Å². The van der Waals surface area contributed by atoms with E-state index in [0.29, 0.717) is 19.3 Å². The summed E-state index contributed by atoms with van der Waals surface area (Å²) < 4.78 is 4.66. The van der Waals surface area contributed by atoms with Crippen LogP contribution in [0, 0.1) is 0 Å². The van der Waals surface area contributed by atoms with E-state index < -0.39 is 30.7 Å². The Morgan fingerprint density at radius 2 is 1.56 bits per heavy atom. The molecule has 0 aromatic carbocycles. The number of esters is 1. The van der Waals surface area contributed by atoms with Crippen molar-refractivity contribution in [1.29, 1.82) is 0 Å². The van der Waals surface area contributed by atoms with Crippen molar-refractivity contribution in [3.63, 3.8) is 0 Å². The Hall–Kier alpha value is -1.93. The van der Waals surface area contributed by atoms with Crippen LogP contribution < -0.4 is 5.32 Å². The lowest BCUT2D eigenvalue weighted by Gasteiger charge is -2.12. The summed E-state index contributed by atoms with van der Waals surface area (Å²) >= 11 is 0. The highest BCUT2D eigenvalue weighted by atomic mass is 16.5. The fourth-order valence-corrected chi connectivity index (χ4v) is 3.47. The Kier molecular flexibility index (Phi) is 21.5. The minimum Gasteiger partial charge on any atom is -0.481 e. The maximum Gasteiger partial charge on any atom is 0.328 e. The van der Waals surface area contributed by atoms with E-state index >= 15 is 0 Å². The van der Waals surface area contributed by atoms with Crippen molar-refractivity contribution in [3.8, 4) is 0 Å². The molecule has 1 aliphatic heterocycles. The molecule has 0 spiro atoms. The van der Waals surface area contributed by atoms with Gasteiger partial charge in [0.15, 0.2) is 0 Å². The van der Waals surface area contributed by atoms with Crippen molar-refractivity contribution < 1.29 is 34.4 Å². The van der Waals surface area contributed by atoms with Crippen LogP contribution >= 0.6 is 0 Å². The molecular weight excluding hydrogens is 438 g/mol. The second-order valence-corrected chi connectivity index (χ2v) is 8.85. The van der Waals surface area contributed by atoms with Gasteiger partial charge in [0.05, 0.1) is 6.61 Å². The molecule has 1 heterocycles. The van der Waals surface area contributed by atoms with E-state index in [0.717, 1.165) is 12.8 Å². The zero-order valence-corrected chi connectivity index (χ0v) is 21.0. The van der Waals surface area contributed by atoms with Crippen LogP contribution in [0.15, 0.2) is 12.2 Å². The van der Waals surface area contributed by atoms with E-state index in [9.17, 15) is 14.4 Å². The third-order valence-corrected chi connectivity index (χ3v) is 5.56. The van der Waals surface area contributed by atoms with Crippen molar-refractivity contribution >= 4 is 17.8 Å². The summed E-state index contributed by atoms with van der Waals surface area (Å²) in [5.74, 6) is -1.40. The van der Waals surface area contributed by atoms with Gasteiger partial charge in [-0.3, -0.25) is 9.59 Å². The fraction of sp³-hybridized carbons (Fsp3) is 0.808.